The van der Waals surface area contributed by atoms with Gasteiger partial charge in [0.2, 0.25) is 0 Å². The molecular weight excluding hydrogens is 338 g/mol. The molecule has 1 atom stereocenters. The number of anilines is 1. The molecule has 0 bridgehead atoms. The standard InChI is InChI=1S/C20H19N7/c1-14(15-5-6-18-16(10-15)4-3-8-21-18)27-20-13-26(9-7-19(20)23-24-27)17-11-22-25(2)12-17/h3-14,24H,1-2H3/t14-/m1/s1. The molecule has 134 valence electrons. The zero-order valence-electron chi connectivity index (χ0n) is 15.1. The molecular formula is C20H19N7. The van der Waals surface area contributed by atoms with Gasteiger partial charge in [0.05, 0.1) is 23.4 Å². The summed E-state index contributed by atoms with van der Waals surface area (Å²) in [7, 11) is 1.91. The molecule has 0 aliphatic carbocycles. The number of aryl methyl sites for hydroxylation is 1. The van der Waals surface area contributed by atoms with E-state index in [1.165, 1.54) is 5.56 Å². The van der Waals surface area contributed by atoms with Gasteiger partial charge in [-0.15, -0.1) is 0 Å². The Morgan fingerprint density at radius 2 is 2.11 bits per heavy atom. The van der Waals surface area contributed by atoms with E-state index in [2.05, 4.69) is 68.0 Å². The summed E-state index contributed by atoms with van der Waals surface area (Å²) in [6, 6.07) is 10.5. The summed E-state index contributed by atoms with van der Waals surface area (Å²) in [6.07, 6.45) is 11.7. The highest BCUT2D eigenvalue weighted by Gasteiger charge is 2.29. The van der Waals surface area contributed by atoms with Gasteiger partial charge in [-0.05, 0) is 36.8 Å². The van der Waals surface area contributed by atoms with Gasteiger partial charge >= 0.3 is 0 Å². The Bertz CT molecular complexity index is 1110. The number of fused-ring (bicyclic) bond motifs is 2. The van der Waals surface area contributed by atoms with Crippen molar-refractivity contribution in [2.24, 2.45) is 12.1 Å². The molecule has 1 aromatic carbocycles. The van der Waals surface area contributed by atoms with Gasteiger partial charge in [0, 0.05) is 37.2 Å². The molecule has 2 aromatic heterocycles. The Hall–Kier alpha value is -3.61. The van der Waals surface area contributed by atoms with Crippen LogP contribution in [0.15, 0.2) is 78.2 Å². The maximum atomic E-state index is 4.46. The molecule has 0 saturated carbocycles. The molecule has 2 aliphatic heterocycles. The lowest BCUT2D eigenvalue weighted by Gasteiger charge is -2.29. The van der Waals surface area contributed by atoms with Crippen molar-refractivity contribution in [2.45, 2.75) is 13.0 Å². The van der Waals surface area contributed by atoms with Crippen LogP contribution in [0.3, 0.4) is 0 Å². The molecule has 0 radical (unpaired) electrons. The van der Waals surface area contributed by atoms with Crippen LogP contribution in [-0.2, 0) is 7.05 Å². The Morgan fingerprint density at radius 1 is 1.19 bits per heavy atom. The van der Waals surface area contributed by atoms with Crippen LogP contribution < -0.4 is 10.4 Å². The first-order valence-corrected chi connectivity index (χ1v) is 8.84. The van der Waals surface area contributed by atoms with E-state index >= 15 is 0 Å². The van der Waals surface area contributed by atoms with Crippen LogP contribution in [0.1, 0.15) is 18.5 Å². The fourth-order valence-electron chi connectivity index (χ4n) is 3.42. The third-order valence-electron chi connectivity index (χ3n) is 4.94. The summed E-state index contributed by atoms with van der Waals surface area (Å²) >= 11 is 0. The fourth-order valence-corrected chi connectivity index (χ4v) is 3.42. The smallest absolute Gasteiger partial charge is 0.113 e. The Kier molecular flexibility index (Phi) is 3.46. The second-order valence-electron chi connectivity index (χ2n) is 6.71. The number of benzene rings is 1. The van der Waals surface area contributed by atoms with Crippen molar-refractivity contribution in [3.63, 3.8) is 0 Å². The number of hydrogen-bond acceptors (Lipinski definition) is 6. The molecule has 3 aromatic rings. The predicted molar refractivity (Wildman–Crippen MR) is 105 cm³/mol. The van der Waals surface area contributed by atoms with Crippen LogP contribution in [0.25, 0.3) is 10.9 Å². The number of rotatable bonds is 3. The molecule has 0 fully saturated rings. The molecule has 2 aliphatic rings. The third-order valence-corrected chi connectivity index (χ3v) is 4.94. The summed E-state index contributed by atoms with van der Waals surface area (Å²) in [5.74, 6) is 0. The molecule has 0 unspecified atom stereocenters. The highest BCUT2D eigenvalue weighted by Crippen LogP contribution is 2.30. The van der Waals surface area contributed by atoms with Crippen molar-refractivity contribution in [1.29, 1.82) is 0 Å². The van der Waals surface area contributed by atoms with E-state index in [1.54, 1.807) is 4.68 Å². The minimum atomic E-state index is 0.101. The second-order valence-corrected chi connectivity index (χ2v) is 6.71. The van der Waals surface area contributed by atoms with Crippen molar-refractivity contribution in [3.8, 4) is 0 Å². The van der Waals surface area contributed by atoms with Crippen LogP contribution >= 0.6 is 0 Å². The summed E-state index contributed by atoms with van der Waals surface area (Å²) in [5, 5.41) is 11.9. The van der Waals surface area contributed by atoms with E-state index in [0.29, 0.717) is 0 Å². The Morgan fingerprint density at radius 3 is 2.96 bits per heavy atom. The lowest BCUT2D eigenvalue weighted by Crippen LogP contribution is -2.34. The van der Waals surface area contributed by atoms with Crippen LogP contribution in [0.5, 0.6) is 0 Å². The normalized spacial score (nSPS) is 16.8. The van der Waals surface area contributed by atoms with E-state index < -0.39 is 0 Å². The largest absolute Gasteiger partial charge is 0.319 e. The first-order valence-electron chi connectivity index (χ1n) is 8.84. The monoisotopic (exact) mass is 357 g/mol. The number of nitrogens with zero attached hydrogens (tertiary/aromatic N) is 6. The minimum Gasteiger partial charge on any atom is -0.319 e. The summed E-state index contributed by atoms with van der Waals surface area (Å²) < 4.78 is 1.79. The van der Waals surface area contributed by atoms with Crippen molar-refractivity contribution in [1.82, 2.24) is 25.3 Å². The number of hydrazone groups is 1. The molecule has 0 spiro atoms. The van der Waals surface area contributed by atoms with Crippen LogP contribution in [-0.4, -0.2) is 25.5 Å². The van der Waals surface area contributed by atoms with Gasteiger partial charge in [0.15, 0.2) is 0 Å². The molecule has 5 rings (SSSR count). The average Bonchev–Trinajstić information content (AvgIpc) is 3.32. The molecule has 4 heterocycles. The SMILES string of the molecule is C[C@H](c1ccc2ncccc2c1)N1NN=C2C=CN(c3cnn(C)c3)C=C21. The highest BCUT2D eigenvalue weighted by atomic mass is 15.7. The van der Waals surface area contributed by atoms with Crippen LogP contribution in [0.4, 0.5) is 5.69 Å². The molecule has 0 amide bonds. The van der Waals surface area contributed by atoms with Gasteiger partial charge in [0.25, 0.3) is 0 Å². The van der Waals surface area contributed by atoms with Gasteiger partial charge in [-0.25, -0.2) is 5.53 Å². The number of hydrazine groups is 1. The quantitative estimate of drug-likeness (QED) is 0.781. The average molecular weight is 357 g/mol. The van der Waals surface area contributed by atoms with Gasteiger partial charge < -0.3 is 4.90 Å². The maximum absolute atomic E-state index is 4.46. The first kappa shape index (κ1) is 15.6. The summed E-state index contributed by atoms with van der Waals surface area (Å²) in [5.41, 5.74) is 8.32. The number of pyridine rings is 1. The van der Waals surface area contributed by atoms with E-state index in [0.717, 1.165) is 28.0 Å². The van der Waals surface area contributed by atoms with Gasteiger partial charge in [0.1, 0.15) is 11.4 Å². The van der Waals surface area contributed by atoms with Crippen molar-refractivity contribution in [2.75, 3.05) is 4.90 Å². The number of allylic oxidation sites excluding steroid dienone is 1. The summed E-state index contributed by atoms with van der Waals surface area (Å²) in [6.45, 7) is 2.16. The zero-order chi connectivity index (χ0) is 18.4. The third kappa shape index (κ3) is 2.64. The highest BCUT2D eigenvalue weighted by molar-refractivity contribution is 6.10. The summed E-state index contributed by atoms with van der Waals surface area (Å²) in [4.78, 5) is 6.46. The molecule has 0 saturated heterocycles. The first-order chi connectivity index (χ1) is 13.2. The van der Waals surface area contributed by atoms with Gasteiger partial charge in [-0.3, -0.25) is 14.7 Å². The predicted octanol–water partition coefficient (Wildman–Crippen LogP) is 3.08. The molecule has 7 nitrogen and oxygen atoms in total. The fraction of sp³-hybridized carbons (Fsp3) is 0.150. The van der Waals surface area contributed by atoms with E-state index in [-0.39, 0.29) is 6.04 Å². The lowest BCUT2D eigenvalue weighted by molar-refractivity contribution is 0.217. The van der Waals surface area contributed by atoms with Crippen molar-refractivity contribution in [3.05, 3.63) is 78.7 Å². The Labute approximate surface area is 156 Å². The molecule has 1 N–H and O–H groups in total. The Balaban J connectivity index is 1.47. The molecule has 7 heteroatoms. The minimum absolute atomic E-state index is 0.101. The van der Waals surface area contributed by atoms with Gasteiger partial charge in [-0.2, -0.15) is 10.2 Å². The second kappa shape index (κ2) is 5.98. The number of nitrogens with one attached hydrogen (secondary N) is 1. The number of aromatic nitrogens is 3. The molecule has 27 heavy (non-hydrogen) atoms. The lowest BCUT2D eigenvalue weighted by atomic mass is 10.0. The van der Waals surface area contributed by atoms with E-state index in [4.69, 9.17) is 0 Å². The van der Waals surface area contributed by atoms with Gasteiger partial charge in [-0.1, -0.05) is 12.1 Å². The van der Waals surface area contributed by atoms with Crippen LogP contribution in [0.2, 0.25) is 0 Å². The topological polar surface area (TPSA) is 61.6 Å². The van der Waals surface area contributed by atoms with E-state index in [9.17, 15) is 0 Å². The maximum Gasteiger partial charge on any atom is 0.113 e. The number of hydrogen-bond donors (Lipinski definition) is 1. The van der Waals surface area contributed by atoms with Crippen molar-refractivity contribution >= 4 is 22.3 Å². The zero-order valence-corrected chi connectivity index (χ0v) is 15.1. The van der Waals surface area contributed by atoms with Crippen LogP contribution in [0, 0.1) is 0 Å². The van der Waals surface area contributed by atoms with E-state index in [1.807, 2.05) is 44.0 Å². The van der Waals surface area contributed by atoms with Crippen molar-refractivity contribution < 1.29 is 0 Å².